The fourth-order valence-electron chi connectivity index (χ4n) is 2.91. The summed E-state index contributed by atoms with van der Waals surface area (Å²) in [6.07, 6.45) is 0. The smallest absolute Gasteiger partial charge is 0.265 e. The van der Waals surface area contributed by atoms with E-state index >= 15 is 0 Å². The van der Waals surface area contributed by atoms with Crippen LogP contribution in [0.2, 0.25) is 5.02 Å². The summed E-state index contributed by atoms with van der Waals surface area (Å²) < 4.78 is 35.2. The molecule has 0 saturated heterocycles. The number of amides is 1. The van der Waals surface area contributed by atoms with Gasteiger partial charge in [-0.25, -0.2) is 8.42 Å². The summed E-state index contributed by atoms with van der Waals surface area (Å²) in [5, 5.41) is 4.47. The maximum Gasteiger partial charge on any atom is 0.265 e. The fourth-order valence-corrected chi connectivity index (χ4v) is 4.00. The van der Waals surface area contributed by atoms with E-state index in [1.54, 1.807) is 37.3 Å². The van der Waals surface area contributed by atoms with E-state index in [0.717, 1.165) is 0 Å². The summed E-state index contributed by atoms with van der Waals surface area (Å²) >= 11 is 5.99. The van der Waals surface area contributed by atoms with E-state index in [0.29, 0.717) is 27.8 Å². The normalized spacial score (nSPS) is 13.9. The van der Waals surface area contributed by atoms with E-state index < -0.39 is 9.84 Å². The van der Waals surface area contributed by atoms with Gasteiger partial charge in [-0.15, -0.1) is 0 Å². The first-order chi connectivity index (χ1) is 13.9. The molecule has 0 saturated carbocycles. The standard InChI is InChI=1S/C19H16ClN3O5S/c1-2-29(25,26)14-6-7-16-15(9-14)23(18(24)11-27-16)10-17-21-19(22-28-17)12-4-3-5-13(20)8-12/h3-9H,2,10-11H2,1H3. The topological polar surface area (TPSA) is 103 Å². The second-order valence-corrected chi connectivity index (χ2v) is 9.04. The highest BCUT2D eigenvalue weighted by Gasteiger charge is 2.29. The average molecular weight is 434 g/mol. The maximum absolute atomic E-state index is 12.5. The van der Waals surface area contributed by atoms with Gasteiger partial charge >= 0.3 is 0 Å². The second-order valence-electron chi connectivity index (χ2n) is 6.32. The van der Waals surface area contributed by atoms with Crippen LogP contribution in [0.3, 0.4) is 0 Å². The highest BCUT2D eigenvalue weighted by atomic mass is 35.5. The van der Waals surface area contributed by atoms with Crippen molar-refractivity contribution in [2.24, 2.45) is 0 Å². The van der Waals surface area contributed by atoms with Crippen LogP contribution in [0.15, 0.2) is 51.9 Å². The van der Waals surface area contributed by atoms with Crippen molar-refractivity contribution in [3.8, 4) is 17.1 Å². The molecule has 8 nitrogen and oxygen atoms in total. The molecule has 3 aromatic rings. The number of carbonyl (C=O) groups excluding carboxylic acids is 1. The zero-order valence-corrected chi connectivity index (χ0v) is 16.9. The maximum atomic E-state index is 12.5. The Kier molecular flexibility index (Phi) is 5.01. The lowest BCUT2D eigenvalue weighted by Gasteiger charge is -2.28. The van der Waals surface area contributed by atoms with E-state index in [9.17, 15) is 13.2 Å². The Balaban J connectivity index is 1.66. The van der Waals surface area contributed by atoms with Crippen LogP contribution in [-0.2, 0) is 21.2 Å². The molecule has 0 N–H and O–H groups in total. The first-order valence-electron chi connectivity index (χ1n) is 8.76. The van der Waals surface area contributed by atoms with Crippen LogP contribution in [-0.4, -0.2) is 36.8 Å². The van der Waals surface area contributed by atoms with Crippen molar-refractivity contribution in [2.75, 3.05) is 17.3 Å². The minimum atomic E-state index is -3.44. The Bertz CT molecular complexity index is 1190. The molecule has 2 heterocycles. The molecule has 150 valence electrons. The second kappa shape index (κ2) is 7.49. The van der Waals surface area contributed by atoms with Gasteiger partial charge in [-0.1, -0.05) is 35.8 Å². The number of carbonyl (C=O) groups is 1. The first kappa shape index (κ1) is 19.4. The lowest BCUT2D eigenvalue weighted by molar-refractivity contribution is -0.121. The molecule has 29 heavy (non-hydrogen) atoms. The van der Waals surface area contributed by atoms with Crippen molar-refractivity contribution in [1.29, 1.82) is 0 Å². The van der Waals surface area contributed by atoms with Crippen molar-refractivity contribution < 1.29 is 22.5 Å². The third-order valence-corrected chi connectivity index (χ3v) is 6.42. The van der Waals surface area contributed by atoms with Crippen LogP contribution in [0.5, 0.6) is 5.75 Å². The Morgan fingerprint density at radius 3 is 2.79 bits per heavy atom. The molecule has 10 heteroatoms. The summed E-state index contributed by atoms with van der Waals surface area (Å²) in [6.45, 7) is 1.38. The molecule has 1 aliphatic heterocycles. The Labute approximate surface area is 172 Å². The quantitative estimate of drug-likeness (QED) is 0.609. The number of nitrogens with zero attached hydrogens (tertiary/aromatic N) is 3. The van der Waals surface area contributed by atoms with Crippen LogP contribution >= 0.6 is 11.6 Å². The zero-order chi connectivity index (χ0) is 20.6. The molecule has 2 aromatic carbocycles. The molecular formula is C19H16ClN3O5S. The Morgan fingerprint density at radius 2 is 2.03 bits per heavy atom. The number of aromatic nitrogens is 2. The van der Waals surface area contributed by atoms with Gasteiger partial charge in [0.25, 0.3) is 5.91 Å². The van der Waals surface area contributed by atoms with Crippen molar-refractivity contribution >= 4 is 33.0 Å². The van der Waals surface area contributed by atoms with E-state index in [-0.39, 0.29) is 35.6 Å². The first-order valence-corrected chi connectivity index (χ1v) is 10.8. The van der Waals surface area contributed by atoms with Gasteiger partial charge in [0.15, 0.2) is 16.4 Å². The van der Waals surface area contributed by atoms with Gasteiger partial charge in [-0.3, -0.25) is 9.69 Å². The Hall–Kier alpha value is -2.91. The Morgan fingerprint density at radius 1 is 1.21 bits per heavy atom. The zero-order valence-electron chi connectivity index (χ0n) is 15.3. The number of sulfone groups is 1. The van der Waals surface area contributed by atoms with Gasteiger partial charge in [0, 0.05) is 10.6 Å². The molecule has 4 rings (SSSR count). The van der Waals surface area contributed by atoms with Gasteiger partial charge in [-0.05, 0) is 30.3 Å². The lowest BCUT2D eigenvalue weighted by atomic mass is 10.2. The lowest BCUT2D eigenvalue weighted by Crippen LogP contribution is -2.38. The van der Waals surface area contributed by atoms with Gasteiger partial charge in [0.1, 0.15) is 12.3 Å². The third kappa shape index (κ3) is 3.83. The molecule has 0 aliphatic carbocycles. The van der Waals surface area contributed by atoms with E-state index in [1.807, 2.05) is 0 Å². The predicted octanol–water partition coefficient (Wildman–Crippen LogP) is 3.11. The number of halogens is 1. The number of benzene rings is 2. The number of rotatable bonds is 5. The van der Waals surface area contributed by atoms with Crippen molar-refractivity contribution in [3.63, 3.8) is 0 Å². The molecule has 0 radical (unpaired) electrons. The average Bonchev–Trinajstić information content (AvgIpc) is 3.18. The van der Waals surface area contributed by atoms with Crippen molar-refractivity contribution in [1.82, 2.24) is 10.1 Å². The fraction of sp³-hybridized carbons (Fsp3) is 0.211. The summed E-state index contributed by atoms with van der Waals surface area (Å²) in [6, 6.07) is 11.4. The number of hydrogen-bond donors (Lipinski definition) is 0. The molecule has 1 aromatic heterocycles. The highest BCUT2D eigenvalue weighted by Crippen LogP contribution is 2.35. The summed E-state index contributed by atoms with van der Waals surface area (Å²) in [4.78, 5) is 18.3. The predicted molar refractivity (Wildman–Crippen MR) is 106 cm³/mol. The minimum absolute atomic E-state index is 0.0155. The van der Waals surface area contributed by atoms with Gasteiger partial charge in [0.2, 0.25) is 11.7 Å². The summed E-state index contributed by atoms with van der Waals surface area (Å²) in [7, 11) is -3.44. The molecule has 1 aliphatic rings. The minimum Gasteiger partial charge on any atom is -0.482 e. The van der Waals surface area contributed by atoms with Gasteiger partial charge in [-0.2, -0.15) is 4.98 Å². The molecular weight excluding hydrogens is 418 g/mol. The van der Waals surface area contributed by atoms with Crippen LogP contribution in [0.25, 0.3) is 11.4 Å². The molecule has 0 bridgehead atoms. The number of fused-ring (bicyclic) bond motifs is 1. The van der Waals surface area contributed by atoms with E-state index in [1.165, 1.54) is 17.0 Å². The van der Waals surface area contributed by atoms with Gasteiger partial charge < -0.3 is 9.26 Å². The summed E-state index contributed by atoms with van der Waals surface area (Å²) in [5.41, 5.74) is 1.02. The highest BCUT2D eigenvalue weighted by molar-refractivity contribution is 7.91. The van der Waals surface area contributed by atoms with E-state index in [2.05, 4.69) is 10.1 Å². The number of hydrogen-bond acceptors (Lipinski definition) is 7. The van der Waals surface area contributed by atoms with Gasteiger partial charge in [0.05, 0.1) is 16.3 Å². The monoisotopic (exact) mass is 433 g/mol. The van der Waals surface area contributed by atoms with E-state index in [4.69, 9.17) is 20.9 Å². The van der Waals surface area contributed by atoms with Crippen LogP contribution in [0, 0.1) is 0 Å². The van der Waals surface area contributed by atoms with Crippen molar-refractivity contribution in [3.05, 3.63) is 53.4 Å². The number of anilines is 1. The third-order valence-electron chi connectivity index (χ3n) is 4.46. The molecule has 0 fully saturated rings. The van der Waals surface area contributed by atoms with Crippen LogP contribution in [0.1, 0.15) is 12.8 Å². The van der Waals surface area contributed by atoms with Crippen LogP contribution in [0.4, 0.5) is 5.69 Å². The molecule has 0 atom stereocenters. The molecule has 1 amide bonds. The van der Waals surface area contributed by atoms with Crippen LogP contribution < -0.4 is 9.64 Å². The molecule has 0 spiro atoms. The largest absolute Gasteiger partial charge is 0.482 e. The van der Waals surface area contributed by atoms with Crippen molar-refractivity contribution in [2.45, 2.75) is 18.4 Å². The molecule has 0 unspecified atom stereocenters. The SMILES string of the molecule is CCS(=O)(=O)c1ccc2c(c1)N(Cc1nc(-c3cccc(Cl)c3)no1)C(=O)CO2. The number of ether oxygens (including phenoxy) is 1. The summed E-state index contributed by atoms with van der Waals surface area (Å²) in [5.74, 6) is 0.559.